The maximum absolute atomic E-state index is 10.2. The molecule has 0 heterocycles. The summed E-state index contributed by atoms with van der Waals surface area (Å²) >= 11 is 3.41. The molecule has 0 aliphatic heterocycles. The summed E-state index contributed by atoms with van der Waals surface area (Å²) in [6.45, 7) is 6.94. The molecule has 1 rings (SSSR count). The van der Waals surface area contributed by atoms with Gasteiger partial charge < -0.3 is 5.11 Å². The van der Waals surface area contributed by atoms with Gasteiger partial charge in [-0.15, -0.1) is 0 Å². The quantitative estimate of drug-likeness (QED) is 0.752. The molecule has 14 heavy (non-hydrogen) atoms. The van der Waals surface area contributed by atoms with E-state index in [0.717, 1.165) is 30.5 Å². The van der Waals surface area contributed by atoms with Crippen LogP contribution in [-0.4, -0.2) is 16.0 Å². The van der Waals surface area contributed by atoms with E-state index in [2.05, 4.69) is 36.7 Å². The number of hydrogen-bond donors (Lipinski definition) is 1. The molecule has 0 unspecified atom stereocenters. The van der Waals surface area contributed by atoms with Gasteiger partial charge in [-0.05, 0) is 43.4 Å². The van der Waals surface area contributed by atoms with Crippen LogP contribution in [0.4, 0.5) is 0 Å². The molecule has 0 aromatic carbocycles. The fourth-order valence-electron chi connectivity index (χ4n) is 2.45. The normalized spacial score (nSPS) is 34.5. The lowest BCUT2D eigenvalue weighted by molar-refractivity contribution is -0.0265. The summed E-state index contributed by atoms with van der Waals surface area (Å²) < 4.78 is 0. The second-order valence-corrected chi connectivity index (χ2v) is 6.60. The van der Waals surface area contributed by atoms with Crippen molar-refractivity contribution in [2.24, 2.45) is 11.3 Å². The SMILES string of the molecule is CC(C)(C)C1CCC(O)(CCBr)CC1. The minimum atomic E-state index is -0.370. The molecular formula is C12H23BrO. The molecule has 1 nitrogen and oxygen atoms in total. The lowest BCUT2D eigenvalue weighted by atomic mass is 9.68. The summed E-state index contributed by atoms with van der Waals surface area (Å²) in [6, 6.07) is 0. The molecule has 1 aliphatic rings. The summed E-state index contributed by atoms with van der Waals surface area (Å²) in [5, 5.41) is 11.1. The van der Waals surface area contributed by atoms with Gasteiger partial charge in [-0.25, -0.2) is 0 Å². The molecule has 0 aromatic heterocycles. The van der Waals surface area contributed by atoms with Crippen LogP contribution in [0.15, 0.2) is 0 Å². The van der Waals surface area contributed by atoms with Crippen LogP contribution < -0.4 is 0 Å². The maximum Gasteiger partial charge on any atom is 0.0656 e. The Balaban J connectivity index is 2.45. The van der Waals surface area contributed by atoms with Crippen molar-refractivity contribution in [2.75, 3.05) is 5.33 Å². The van der Waals surface area contributed by atoms with Gasteiger partial charge in [0.1, 0.15) is 0 Å². The van der Waals surface area contributed by atoms with Crippen molar-refractivity contribution in [1.82, 2.24) is 0 Å². The molecule has 84 valence electrons. The molecule has 2 heteroatoms. The van der Waals surface area contributed by atoms with Crippen LogP contribution in [0.5, 0.6) is 0 Å². The minimum absolute atomic E-state index is 0.370. The number of aliphatic hydroxyl groups is 1. The summed E-state index contributed by atoms with van der Waals surface area (Å²) in [6.07, 6.45) is 5.25. The van der Waals surface area contributed by atoms with Crippen molar-refractivity contribution in [2.45, 2.75) is 58.5 Å². The van der Waals surface area contributed by atoms with E-state index in [1.807, 2.05) is 0 Å². The Morgan fingerprint density at radius 1 is 1.29 bits per heavy atom. The van der Waals surface area contributed by atoms with E-state index in [1.54, 1.807) is 0 Å². The first-order valence-corrected chi connectivity index (χ1v) is 6.78. The summed E-state index contributed by atoms with van der Waals surface area (Å²) in [5.41, 5.74) is 0.0426. The predicted molar refractivity (Wildman–Crippen MR) is 64.8 cm³/mol. The van der Waals surface area contributed by atoms with Crippen molar-refractivity contribution in [3.05, 3.63) is 0 Å². The molecule has 0 radical (unpaired) electrons. The third kappa shape index (κ3) is 3.23. The lowest BCUT2D eigenvalue weighted by Crippen LogP contribution is -2.37. The summed E-state index contributed by atoms with van der Waals surface area (Å²) in [7, 11) is 0. The first-order chi connectivity index (χ1) is 6.37. The van der Waals surface area contributed by atoms with Gasteiger partial charge in [0.2, 0.25) is 0 Å². The van der Waals surface area contributed by atoms with Crippen molar-refractivity contribution in [3.63, 3.8) is 0 Å². The number of rotatable bonds is 2. The van der Waals surface area contributed by atoms with Crippen LogP contribution in [0.25, 0.3) is 0 Å². The minimum Gasteiger partial charge on any atom is -0.390 e. The molecule has 0 saturated heterocycles. The highest BCUT2D eigenvalue weighted by Gasteiger charge is 2.36. The van der Waals surface area contributed by atoms with Crippen LogP contribution in [0, 0.1) is 11.3 Å². The Kier molecular flexibility index (Phi) is 4.04. The molecule has 0 bridgehead atoms. The van der Waals surface area contributed by atoms with E-state index in [9.17, 15) is 5.11 Å². The zero-order valence-corrected chi connectivity index (χ0v) is 11.2. The van der Waals surface area contributed by atoms with Gasteiger partial charge in [-0.1, -0.05) is 36.7 Å². The van der Waals surface area contributed by atoms with Gasteiger partial charge in [0.05, 0.1) is 5.60 Å². The molecule has 1 aliphatic carbocycles. The average Bonchev–Trinajstić information content (AvgIpc) is 2.03. The predicted octanol–water partition coefficient (Wildman–Crippen LogP) is 3.74. The molecule has 0 spiro atoms. The number of hydrogen-bond acceptors (Lipinski definition) is 1. The molecule has 1 saturated carbocycles. The molecule has 1 N–H and O–H groups in total. The van der Waals surface area contributed by atoms with E-state index < -0.39 is 0 Å². The second-order valence-electron chi connectivity index (χ2n) is 5.80. The summed E-state index contributed by atoms with van der Waals surface area (Å²) in [4.78, 5) is 0. The highest BCUT2D eigenvalue weighted by Crippen LogP contribution is 2.42. The van der Waals surface area contributed by atoms with Crippen molar-refractivity contribution >= 4 is 15.9 Å². The van der Waals surface area contributed by atoms with Crippen LogP contribution in [-0.2, 0) is 0 Å². The Morgan fingerprint density at radius 2 is 1.79 bits per heavy atom. The Labute approximate surface area is 96.4 Å². The number of alkyl halides is 1. The molecular weight excluding hydrogens is 240 g/mol. The van der Waals surface area contributed by atoms with Gasteiger partial charge in [0, 0.05) is 5.33 Å². The Hall–Kier alpha value is 0.440. The standard InChI is InChI=1S/C12H23BrO/c1-11(2,3)10-4-6-12(14,7-5-10)8-9-13/h10,14H,4-9H2,1-3H3. The van der Waals surface area contributed by atoms with E-state index in [1.165, 1.54) is 12.8 Å². The molecule has 0 amide bonds. The van der Waals surface area contributed by atoms with Gasteiger partial charge >= 0.3 is 0 Å². The highest BCUT2D eigenvalue weighted by atomic mass is 79.9. The Bertz CT molecular complexity index is 175. The van der Waals surface area contributed by atoms with E-state index in [0.29, 0.717) is 5.41 Å². The first kappa shape index (κ1) is 12.5. The van der Waals surface area contributed by atoms with E-state index >= 15 is 0 Å². The number of halogens is 1. The van der Waals surface area contributed by atoms with Crippen LogP contribution >= 0.6 is 15.9 Å². The zero-order chi connectivity index (χ0) is 10.8. The molecule has 1 fully saturated rings. The Morgan fingerprint density at radius 3 is 2.14 bits per heavy atom. The van der Waals surface area contributed by atoms with Crippen LogP contribution in [0.3, 0.4) is 0 Å². The fraction of sp³-hybridized carbons (Fsp3) is 1.00. The van der Waals surface area contributed by atoms with Crippen molar-refractivity contribution < 1.29 is 5.11 Å². The topological polar surface area (TPSA) is 20.2 Å². The van der Waals surface area contributed by atoms with Gasteiger partial charge in [0.25, 0.3) is 0 Å². The van der Waals surface area contributed by atoms with Crippen molar-refractivity contribution in [3.8, 4) is 0 Å². The third-order valence-corrected chi connectivity index (χ3v) is 4.10. The summed E-state index contributed by atoms with van der Waals surface area (Å²) in [5.74, 6) is 0.790. The van der Waals surface area contributed by atoms with Crippen LogP contribution in [0.1, 0.15) is 52.9 Å². The molecule has 0 atom stereocenters. The van der Waals surface area contributed by atoms with Gasteiger partial charge in [-0.2, -0.15) is 0 Å². The van der Waals surface area contributed by atoms with Gasteiger partial charge in [0.15, 0.2) is 0 Å². The van der Waals surface area contributed by atoms with Crippen molar-refractivity contribution in [1.29, 1.82) is 0 Å². The maximum atomic E-state index is 10.2. The van der Waals surface area contributed by atoms with E-state index in [-0.39, 0.29) is 5.60 Å². The van der Waals surface area contributed by atoms with Crippen LogP contribution in [0.2, 0.25) is 0 Å². The highest BCUT2D eigenvalue weighted by molar-refractivity contribution is 9.09. The smallest absolute Gasteiger partial charge is 0.0656 e. The lowest BCUT2D eigenvalue weighted by Gasteiger charge is -2.41. The van der Waals surface area contributed by atoms with Gasteiger partial charge in [-0.3, -0.25) is 0 Å². The third-order valence-electron chi connectivity index (χ3n) is 3.70. The zero-order valence-electron chi connectivity index (χ0n) is 9.65. The average molecular weight is 263 g/mol. The second kappa shape index (κ2) is 4.52. The van der Waals surface area contributed by atoms with E-state index in [4.69, 9.17) is 0 Å². The molecule has 0 aromatic rings. The monoisotopic (exact) mass is 262 g/mol. The fourth-order valence-corrected chi connectivity index (χ4v) is 3.19. The largest absolute Gasteiger partial charge is 0.390 e. The first-order valence-electron chi connectivity index (χ1n) is 5.66.